The van der Waals surface area contributed by atoms with Gasteiger partial charge in [-0.1, -0.05) is 18.2 Å². The maximum Gasteiger partial charge on any atom is 0.409 e. The van der Waals surface area contributed by atoms with Gasteiger partial charge in [0.15, 0.2) is 0 Å². The van der Waals surface area contributed by atoms with E-state index in [1.165, 1.54) is 16.5 Å². The number of halogens is 2. The van der Waals surface area contributed by atoms with Gasteiger partial charge < -0.3 is 14.4 Å². The number of hydrogen-bond acceptors (Lipinski definition) is 5. The van der Waals surface area contributed by atoms with Crippen molar-refractivity contribution in [2.45, 2.75) is 26.3 Å². The number of nitrogens with zero attached hydrogens (tertiary/aromatic N) is 3. The molecular weight excluding hydrogens is 413 g/mol. The number of benzene rings is 1. The van der Waals surface area contributed by atoms with Gasteiger partial charge in [-0.2, -0.15) is 0 Å². The smallest absolute Gasteiger partial charge is 0.409 e. The number of fused-ring (bicyclic) bond motifs is 2. The van der Waals surface area contributed by atoms with Crippen LogP contribution in [0.1, 0.15) is 29.8 Å². The zero-order valence-corrected chi connectivity index (χ0v) is 18.6. The molecule has 1 aromatic carbocycles. The largest absolute Gasteiger partial charge is 0.450 e. The number of amides is 1. The maximum atomic E-state index is 12.5. The minimum Gasteiger partial charge on any atom is -0.450 e. The Bertz CT molecular complexity index is 843. The third-order valence-corrected chi connectivity index (χ3v) is 5.66. The highest BCUT2D eigenvalue weighted by atomic mass is 35.5. The molecule has 160 valence electrons. The van der Waals surface area contributed by atoms with E-state index in [-0.39, 0.29) is 36.9 Å². The van der Waals surface area contributed by atoms with Crippen molar-refractivity contribution in [3.63, 3.8) is 0 Å². The van der Waals surface area contributed by atoms with Crippen LogP contribution in [0.3, 0.4) is 0 Å². The van der Waals surface area contributed by atoms with Gasteiger partial charge in [0, 0.05) is 31.6 Å². The van der Waals surface area contributed by atoms with E-state index in [9.17, 15) is 4.79 Å². The molecular formula is C21H29Cl2N3O3. The molecule has 29 heavy (non-hydrogen) atoms. The van der Waals surface area contributed by atoms with Crippen molar-refractivity contribution in [3.8, 4) is 0 Å². The summed E-state index contributed by atoms with van der Waals surface area (Å²) in [4.78, 5) is 21.8. The molecule has 0 saturated carbocycles. The van der Waals surface area contributed by atoms with Gasteiger partial charge in [0.2, 0.25) is 0 Å². The van der Waals surface area contributed by atoms with E-state index < -0.39 is 0 Å². The Hall–Kier alpha value is -1.60. The summed E-state index contributed by atoms with van der Waals surface area (Å²) < 4.78 is 10.9. The molecule has 0 aliphatic carbocycles. The summed E-state index contributed by atoms with van der Waals surface area (Å²) in [6.45, 7) is 8.84. The molecule has 0 N–H and O–H groups in total. The molecule has 2 aromatic rings. The number of carbonyl (C=O) groups excluding carboxylic acids is 1. The fourth-order valence-corrected chi connectivity index (χ4v) is 4.22. The lowest BCUT2D eigenvalue weighted by atomic mass is 9.96. The number of pyridine rings is 1. The predicted octanol–water partition coefficient (Wildman–Crippen LogP) is 3.77. The first-order chi connectivity index (χ1) is 13.2. The van der Waals surface area contributed by atoms with E-state index in [1.807, 2.05) is 17.9 Å². The summed E-state index contributed by atoms with van der Waals surface area (Å²) in [5, 5.41) is 1.20. The summed E-state index contributed by atoms with van der Waals surface area (Å²) in [6, 6.07) is 8.37. The Morgan fingerprint density at radius 2 is 1.93 bits per heavy atom. The van der Waals surface area contributed by atoms with E-state index in [1.54, 1.807) is 0 Å². The van der Waals surface area contributed by atoms with Gasteiger partial charge in [-0.15, -0.1) is 24.8 Å². The van der Waals surface area contributed by atoms with Crippen LogP contribution in [0.4, 0.5) is 4.79 Å². The Morgan fingerprint density at radius 1 is 1.21 bits per heavy atom. The number of morpholine rings is 1. The third-order valence-electron chi connectivity index (χ3n) is 5.66. The number of hydrogen-bond donors (Lipinski definition) is 0. The van der Waals surface area contributed by atoms with Crippen LogP contribution in [-0.4, -0.2) is 66.9 Å². The van der Waals surface area contributed by atoms with Crippen molar-refractivity contribution in [2.75, 3.05) is 46.0 Å². The molecule has 3 heterocycles. The highest BCUT2D eigenvalue weighted by molar-refractivity contribution is 5.85. The van der Waals surface area contributed by atoms with Crippen molar-refractivity contribution < 1.29 is 14.3 Å². The molecule has 1 aromatic heterocycles. The zero-order valence-electron chi connectivity index (χ0n) is 16.9. The normalized spacial score (nSPS) is 19.5. The fraction of sp³-hybridized carbons (Fsp3) is 0.524. The molecule has 2 aliphatic rings. The van der Waals surface area contributed by atoms with Crippen LogP contribution in [-0.2, 0) is 15.9 Å². The predicted molar refractivity (Wildman–Crippen MR) is 118 cm³/mol. The summed E-state index contributed by atoms with van der Waals surface area (Å²) in [6.07, 6.45) is 0.573. The Balaban J connectivity index is 0.00000150. The van der Waals surface area contributed by atoms with Crippen molar-refractivity contribution in [1.29, 1.82) is 0 Å². The number of aromatic nitrogens is 1. The third kappa shape index (κ3) is 4.77. The molecule has 0 radical (unpaired) electrons. The quantitative estimate of drug-likeness (QED) is 0.709. The molecule has 1 amide bonds. The highest BCUT2D eigenvalue weighted by Crippen LogP contribution is 2.33. The topological polar surface area (TPSA) is 54.9 Å². The van der Waals surface area contributed by atoms with Crippen LogP contribution in [0.2, 0.25) is 0 Å². The molecule has 2 aliphatic heterocycles. The van der Waals surface area contributed by atoms with Crippen LogP contribution < -0.4 is 0 Å². The lowest BCUT2D eigenvalue weighted by Crippen LogP contribution is -2.45. The first kappa shape index (κ1) is 23.7. The zero-order chi connectivity index (χ0) is 18.8. The highest BCUT2D eigenvalue weighted by Gasteiger charge is 2.33. The van der Waals surface area contributed by atoms with Crippen molar-refractivity contribution in [3.05, 3.63) is 41.1 Å². The Kier molecular flexibility index (Phi) is 8.52. The fourth-order valence-electron chi connectivity index (χ4n) is 4.22. The molecule has 0 spiro atoms. The average molecular weight is 442 g/mol. The van der Waals surface area contributed by atoms with Crippen LogP contribution in [0, 0.1) is 6.92 Å². The van der Waals surface area contributed by atoms with Gasteiger partial charge in [-0.25, -0.2) is 4.79 Å². The van der Waals surface area contributed by atoms with Gasteiger partial charge in [-0.3, -0.25) is 9.88 Å². The molecule has 4 rings (SSSR count). The van der Waals surface area contributed by atoms with Crippen molar-refractivity contribution in [1.82, 2.24) is 14.8 Å². The van der Waals surface area contributed by atoms with E-state index in [4.69, 9.17) is 14.5 Å². The molecule has 8 heteroatoms. The number of rotatable bonds is 2. The monoisotopic (exact) mass is 441 g/mol. The SMILES string of the molecule is CCOC(=O)N1CCc2c(nc3ccccc3c2C)C(N2CCOCC2)C1.Cl.Cl. The minimum absolute atomic E-state index is 0. The van der Waals surface area contributed by atoms with Crippen LogP contribution in [0.5, 0.6) is 0 Å². The Morgan fingerprint density at radius 3 is 2.66 bits per heavy atom. The lowest BCUT2D eigenvalue weighted by molar-refractivity contribution is 0.00745. The molecule has 6 nitrogen and oxygen atoms in total. The summed E-state index contributed by atoms with van der Waals surface area (Å²) in [5.74, 6) is 0. The van der Waals surface area contributed by atoms with Crippen molar-refractivity contribution >= 4 is 41.8 Å². The summed E-state index contributed by atoms with van der Waals surface area (Å²) >= 11 is 0. The molecule has 0 bridgehead atoms. The van der Waals surface area contributed by atoms with Gasteiger partial charge in [-0.05, 0) is 37.5 Å². The van der Waals surface area contributed by atoms with E-state index >= 15 is 0 Å². The maximum absolute atomic E-state index is 12.5. The van der Waals surface area contributed by atoms with Crippen LogP contribution in [0.25, 0.3) is 10.9 Å². The number of ether oxygens (including phenoxy) is 2. The first-order valence-corrected chi connectivity index (χ1v) is 9.80. The second kappa shape index (κ2) is 10.4. The summed E-state index contributed by atoms with van der Waals surface area (Å²) in [5.41, 5.74) is 4.69. The molecule has 1 atom stereocenters. The molecule has 1 saturated heterocycles. The van der Waals surface area contributed by atoms with Gasteiger partial charge in [0.1, 0.15) is 0 Å². The van der Waals surface area contributed by atoms with Crippen LogP contribution in [0.15, 0.2) is 24.3 Å². The van der Waals surface area contributed by atoms with Crippen LogP contribution >= 0.6 is 24.8 Å². The van der Waals surface area contributed by atoms with E-state index in [2.05, 4.69) is 30.0 Å². The Labute approximate surface area is 184 Å². The number of aryl methyl sites for hydroxylation is 1. The average Bonchev–Trinajstić information content (AvgIpc) is 2.89. The van der Waals surface area contributed by atoms with Gasteiger partial charge in [0.25, 0.3) is 0 Å². The number of para-hydroxylation sites is 1. The standard InChI is InChI=1S/C21H27N3O3.2ClH/c1-3-27-21(25)24-9-8-17-15(2)16-6-4-5-7-18(16)22-20(17)19(14-24)23-10-12-26-13-11-23;;/h4-7,19H,3,8-14H2,1-2H3;2*1H. The van der Waals surface area contributed by atoms with E-state index in [0.717, 1.165) is 43.9 Å². The first-order valence-electron chi connectivity index (χ1n) is 9.80. The molecule has 1 fully saturated rings. The van der Waals surface area contributed by atoms with Crippen molar-refractivity contribution in [2.24, 2.45) is 0 Å². The second-order valence-electron chi connectivity index (χ2n) is 7.18. The van der Waals surface area contributed by atoms with Gasteiger partial charge >= 0.3 is 6.09 Å². The minimum atomic E-state index is -0.231. The van der Waals surface area contributed by atoms with Gasteiger partial charge in [0.05, 0.1) is 37.1 Å². The summed E-state index contributed by atoms with van der Waals surface area (Å²) in [7, 11) is 0. The molecule has 1 unspecified atom stereocenters. The van der Waals surface area contributed by atoms with E-state index in [0.29, 0.717) is 19.7 Å². The second-order valence-corrected chi connectivity index (χ2v) is 7.18. The number of carbonyl (C=O) groups is 1. The lowest BCUT2D eigenvalue weighted by Gasteiger charge is -2.36.